The molecule has 1 heterocycles. The van der Waals surface area contributed by atoms with E-state index < -0.39 is 4.92 Å². The van der Waals surface area contributed by atoms with E-state index in [4.69, 9.17) is 9.47 Å². The van der Waals surface area contributed by atoms with Crippen molar-refractivity contribution < 1.29 is 14.4 Å². The summed E-state index contributed by atoms with van der Waals surface area (Å²) in [5.41, 5.74) is 1.18. The highest BCUT2D eigenvalue weighted by atomic mass is 79.9. The molecule has 1 aromatic heterocycles. The standard InChI is InChI=1S/C30H25BrN4O5/c1-18(2)29-33-25-12-11-22(31)15-24(25)30(36)34(29)32-16-19-13-26(35(37)38)28(27(14-19)39-3)40-17-21-9-6-8-20-7-4-5-10-23(20)21/h4-16,18H,17H2,1-3H3. The number of halogens is 1. The zero-order valence-electron chi connectivity index (χ0n) is 22.0. The predicted molar refractivity (Wildman–Crippen MR) is 159 cm³/mol. The van der Waals surface area contributed by atoms with Gasteiger partial charge in [0, 0.05) is 22.0 Å². The minimum atomic E-state index is -0.529. The lowest BCUT2D eigenvalue weighted by molar-refractivity contribution is -0.386. The van der Waals surface area contributed by atoms with Gasteiger partial charge in [0.1, 0.15) is 12.4 Å². The highest BCUT2D eigenvalue weighted by Gasteiger charge is 2.23. The van der Waals surface area contributed by atoms with Gasteiger partial charge < -0.3 is 9.47 Å². The second-order valence-electron chi connectivity index (χ2n) is 9.40. The molecule has 0 aliphatic rings. The van der Waals surface area contributed by atoms with Crippen molar-refractivity contribution in [3.63, 3.8) is 0 Å². The fraction of sp³-hybridized carbons (Fsp3) is 0.167. The summed E-state index contributed by atoms with van der Waals surface area (Å²) in [6.45, 7) is 3.93. The molecule has 0 spiro atoms. The van der Waals surface area contributed by atoms with E-state index in [9.17, 15) is 14.9 Å². The van der Waals surface area contributed by atoms with E-state index in [1.54, 1.807) is 18.2 Å². The van der Waals surface area contributed by atoms with Crippen LogP contribution in [0.1, 0.15) is 36.7 Å². The Morgan fingerprint density at radius 1 is 1.07 bits per heavy atom. The number of hydrogen-bond acceptors (Lipinski definition) is 7. The molecule has 40 heavy (non-hydrogen) atoms. The van der Waals surface area contributed by atoms with Crippen LogP contribution in [-0.2, 0) is 6.61 Å². The number of aromatic nitrogens is 2. The molecule has 0 aliphatic heterocycles. The maximum Gasteiger partial charge on any atom is 0.315 e. The van der Waals surface area contributed by atoms with Gasteiger partial charge in [0.25, 0.3) is 5.56 Å². The fourth-order valence-corrected chi connectivity index (χ4v) is 4.82. The van der Waals surface area contributed by atoms with Gasteiger partial charge in [-0.25, -0.2) is 4.98 Å². The van der Waals surface area contributed by atoms with Crippen LogP contribution in [-0.4, -0.2) is 27.9 Å². The lowest BCUT2D eigenvalue weighted by atomic mass is 10.1. The van der Waals surface area contributed by atoms with Crippen molar-refractivity contribution in [2.24, 2.45) is 5.10 Å². The largest absolute Gasteiger partial charge is 0.493 e. The third-order valence-electron chi connectivity index (χ3n) is 6.40. The Hall–Kier alpha value is -4.57. The average molecular weight is 601 g/mol. The number of benzene rings is 4. The van der Waals surface area contributed by atoms with Gasteiger partial charge in [-0.15, -0.1) is 0 Å². The molecule has 0 saturated heterocycles. The molecule has 0 fully saturated rings. The quantitative estimate of drug-likeness (QED) is 0.110. The molecule has 0 atom stereocenters. The molecule has 0 N–H and O–H groups in total. The molecular formula is C30H25BrN4O5. The van der Waals surface area contributed by atoms with E-state index >= 15 is 0 Å². The first kappa shape index (κ1) is 27.0. The SMILES string of the molecule is COc1cc(C=Nn2c(C(C)C)nc3ccc(Br)cc3c2=O)cc([N+](=O)[O-])c1OCc1cccc2ccccc12. The molecular weight excluding hydrogens is 576 g/mol. The van der Waals surface area contributed by atoms with Gasteiger partial charge in [-0.2, -0.15) is 9.78 Å². The van der Waals surface area contributed by atoms with Gasteiger partial charge in [0.2, 0.25) is 5.75 Å². The minimum Gasteiger partial charge on any atom is -0.493 e. The Balaban J connectivity index is 1.54. The van der Waals surface area contributed by atoms with Crippen molar-refractivity contribution in [2.75, 3.05) is 7.11 Å². The van der Waals surface area contributed by atoms with E-state index in [1.165, 1.54) is 24.1 Å². The summed E-state index contributed by atoms with van der Waals surface area (Å²) < 4.78 is 13.4. The average Bonchev–Trinajstić information content (AvgIpc) is 2.95. The monoisotopic (exact) mass is 600 g/mol. The van der Waals surface area contributed by atoms with Crippen molar-refractivity contribution in [1.29, 1.82) is 0 Å². The molecule has 0 saturated carbocycles. The van der Waals surface area contributed by atoms with Crippen LogP contribution in [0.4, 0.5) is 5.69 Å². The molecule has 0 amide bonds. The zero-order valence-corrected chi connectivity index (χ0v) is 23.6. The molecule has 5 rings (SSSR count). The Kier molecular flexibility index (Phi) is 7.61. The number of rotatable bonds is 8. The first-order valence-corrected chi connectivity index (χ1v) is 13.3. The van der Waals surface area contributed by atoms with E-state index in [1.807, 2.05) is 62.4 Å². The molecule has 0 radical (unpaired) electrons. The molecule has 5 aromatic rings. The molecule has 0 aliphatic carbocycles. The van der Waals surface area contributed by atoms with E-state index in [0.29, 0.717) is 22.3 Å². The van der Waals surface area contributed by atoms with Crippen LogP contribution < -0.4 is 15.0 Å². The van der Waals surface area contributed by atoms with Crippen LogP contribution in [0.2, 0.25) is 0 Å². The van der Waals surface area contributed by atoms with Crippen LogP contribution in [0.25, 0.3) is 21.7 Å². The highest BCUT2D eigenvalue weighted by molar-refractivity contribution is 9.10. The Labute approximate surface area is 238 Å². The van der Waals surface area contributed by atoms with Crippen LogP contribution in [0.3, 0.4) is 0 Å². The summed E-state index contributed by atoms with van der Waals surface area (Å²) >= 11 is 3.39. The van der Waals surface area contributed by atoms with Crippen molar-refractivity contribution in [1.82, 2.24) is 9.66 Å². The van der Waals surface area contributed by atoms with Gasteiger partial charge in [-0.05, 0) is 40.6 Å². The molecule has 10 heteroatoms. The zero-order chi connectivity index (χ0) is 28.4. The van der Waals surface area contributed by atoms with Crippen LogP contribution in [0.15, 0.2) is 87.2 Å². The Bertz CT molecular complexity index is 1840. The summed E-state index contributed by atoms with van der Waals surface area (Å²) in [4.78, 5) is 29.5. The third kappa shape index (κ3) is 5.30. The van der Waals surface area contributed by atoms with Gasteiger partial charge >= 0.3 is 5.69 Å². The minimum absolute atomic E-state index is 0.00911. The summed E-state index contributed by atoms with van der Waals surface area (Å²) in [6.07, 6.45) is 1.38. The fourth-order valence-electron chi connectivity index (χ4n) is 4.46. The lowest BCUT2D eigenvalue weighted by Crippen LogP contribution is -2.23. The van der Waals surface area contributed by atoms with Gasteiger partial charge in [-0.3, -0.25) is 14.9 Å². The summed E-state index contributed by atoms with van der Waals surface area (Å²) in [6, 6.07) is 21.9. The maximum absolute atomic E-state index is 13.3. The Morgan fingerprint density at radius 2 is 1.85 bits per heavy atom. The number of fused-ring (bicyclic) bond motifs is 2. The Morgan fingerprint density at radius 3 is 2.60 bits per heavy atom. The van der Waals surface area contributed by atoms with Gasteiger partial charge in [0.15, 0.2) is 5.75 Å². The van der Waals surface area contributed by atoms with Gasteiger partial charge in [0.05, 0.1) is 29.2 Å². The molecule has 9 nitrogen and oxygen atoms in total. The molecule has 0 bridgehead atoms. The summed E-state index contributed by atoms with van der Waals surface area (Å²) in [5.74, 6) is 0.543. The van der Waals surface area contributed by atoms with Crippen molar-refractivity contribution in [3.05, 3.63) is 115 Å². The predicted octanol–water partition coefficient (Wildman–Crippen LogP) is 6.81. The number of nitrogens with zero attached hydrogens (tertiary/aromatic N) is 4. The number of hydrogen-bond donors (Lipinski definition) is 0. The second kappa shape index (κ2) is 11.3. The van der Waals surface area contributed by atoms with Crippen LogP contribution in [0, 0.1) is 10.1 Å². The lowest BCUT2D eigenvalue weighted by Gasteiger charge is -2.14. The number of methoxy groups -OCH3 is 1. The van der Waals surface area contributed by atoms with E-state index in [0.717, 1.165) is 20.8 Å². The van der Waals surface area contributed by atoms with Crippen LogP contribution in [0.5, 0.6) is 11.5 Å². The number of nitro groups is 1. The first-order valence-electron chi connectivity index (χ1n) is 12.5. The highest BCUT2D eigenvalue weighted by Crippen LogP contribution is 2.39. The molecule has 202 valence electrons. The summed E-state index contributed by atoms with van der Waals surface area (Å²) in [5, 5.41) is 18.9. The van der Waals surface area contributed by atoms with E-state index in [-0.39, 0.29) is 35.3 Å². The molecule has 4 aromatic carbocycles. The van der Waals surface area contributed by atoms with Gasteiger partial charge in [-0.1, -0.05) is 72.2 Å². The van der Waals surface area contributed by atoms with Crippen molar-refractivity contribution in [3.8, 4) is 11.5 Å². The third-order valence-corrected chi connectivity index (χ3v) is 6.89. The molecule has 0 unspecified atom stereocenters. The normalized spacial score (nSPS) is 11.5. The number of nitro benzene ring substituents is 1. The smallest absolute Gasteiger partial charge is 0.315 e. The first-order chi connectivity index (χ1) is 19.3. The van der Waals surface area contributed by atoms with Crippen molar-refractivity contribution >= 4 is 49.5 Å². The topological polar surface area (TPSA) is 109 Å². The van der Waals surface area contributed by atoms with Crippen LogP contribution >= 0.6 is 15.9 Å². The maximum atomic E-state index is 13.3. The summed E-state index contributed by atoms with van der Waals surface area (Å²) in [7, 11) is 1.41. The van der Waals surface area contributed by atoms with Crippen molar-refractivity contribution in [2.45, 2.75) is 26.4 Å². The number of ether oxygens (including phenoxy) is 2. The van der Waals surface area contributed by atoms with E-state index in [2.05, 4.69) is 26.0 Å². The second-order valence-corrected chi connectivity index (χ2v) is 10.3.